The average Bonchev–Trinajstić information content (AvgIpc) is 3.84. The lowest BCUT2D eigenvalue weighted by Crippen LogP contribution is -2.22. The molecule has 0 aliphatic heterocycles. The summed E-state index contributed by atoms with van der Waals surface area (Å²) in [4.78, 5) is 10.7. The topological polar surface area (TPSA) is 38.9 Å². The van der Waals surface area contributed by atoms with Crippen LogP contribution in [0.5, 0.6) is 0 Å². The fourth-order valence-electron chi connectivity index (χ4n) is 9.58. The van der Waals surface area contributed by atoms with E-state index in [0.29, 0.717) is 5.82 Å². The summed E-state index contributed by atoms with van der Waals surface area (Å²) in [6.07, 6.45) is 0. The number of benzene rings is 9. The first-order valence-electron chi connectivity index (χ1n) is 20.9. The summed E-state index contributed by atoms with van der Waals surface area (Å²) in [6.45, 7) is 2.36. The quantitative estimate of drug-likeness (QED) is 0.169. The number of furan rings is 1. The number of nitrogens with zero attached hydrogens (tertiary/aromatic N) is 2. The molecule has 0 radical (unpaired) electrons. The molecule has 0 saturated heterocycles. The van der Waals surface area contributed by atoms with Crippen LogP contribution in [0.4, 0.5) is 0 Å². The zero-order valence-electron chi connectivity index (χ0n) is 33.5. The van der Waals surface area contributed by atoms with Crippen molar-refractivity contribution in [1.82, 2.24) is 9.97 Å². The highest BCUT2D eigenvalue weighted by atomic mass is 16.3. The van der Waals surface area contributed by atoms with Gasteiger partial charge in [-0.2, -0.15) is 0 Å². The van der Waals surface area contributed by atoms with Crippen LogP contribution in [0.3, 0.4) is 0 Å². The maximum atomic E-state index is 6.40. The first-order valence-corrected chi connectivity index (χ1v) is 20.9. The van der Waals surface area contributed by atoms with Gasteiger partial charge in [0.15, 0.2) is 5.82 Å². The van der Waals surface area contributed by atoms with Crippen LogP contribution in [-0.4, -0.2) is 9.97 Å². The summed E-state index contributed by atoms with van der Waals surface area (Å²) in [6, 6.07) is 76.0. The fourth-order valence-corrected chi connectivity index (χ4v) is 9.58. The molecule has 0 bridgehead atoms. The molecule has 0 N–H and O–H groups in total. The summed E-state index contributed by atoms with van der Waals surface area (Å²) < 4.78 is 6.40. The molecule has 61 heavy (non-hydrogen) atoms. The molecule has 0 fully saturated rings. The third-order valence-corrected chi connectivity index (χ3v) is 12.7. The maximum Gasteiger partial charge on any atom is 0.160 e. The second kappa shape index (κ2) is 13.9. The predicted octanol–water partition coefficient (Wildman–Crippen LogP) is 15.2. The lowest BCUT2D eigenvalue weighted by molar-refractivity contribution is 0.669. The molecule has 286 valence electrons. The highest BCUT2D eigenvalue weighted by molar-refractivity contribution is 6.06. The Morgan fingerprint density at radius 1 is 0.361 bits per heavy atom. The van der Waals surface area contributed by atoms with Gasteiger partial charge in [-0.15, -0.1) is 0 Å². The Labute approximate surface area is 354 Å². The molecule has 3 heteroatoms. The van der Waals surface area contributed by atoms with Crippen molar-refractivity contribution < 1.29 is 4.42 Å². The van der Waals surface area contributed by atoms with E-state index in [1.165, 1.54) is 38.6 Å². The predicted molar refractivity (Wildman–Crippen MR) is 251 cm³/mol. The van der Waals surface area contributed by atoms with Gasteiger partial charge in [0.05, 0.1) is 11.4 Å². The highest BCUT2D eigenvalue weighted by Gasteiger charge is 2.40. The van der Waals surface area contributed by atoms with E-state index in [1.54, 1.807) is 0 Å². The van der Waals surface area contributed by atoms with Gasteiger partial charge in [0.1, 0.15) is 11.2 Å². The number of hydrogen-bond acceptors (Lipinski definition) is 3. The normalized spacial score (nSPS) is 14.4. The second-order valence-corrected chi connectivity index (χ2v) is 16.3. The Hall–Kier alpha value is -7.88. The number of fused-ring (bicyclic) bond motifs is 7. The first-order chi connectivity index (χ1) is 30.1. The Morgan fingerprint density at radius 2 is 0.967 bits per heavy atom. The van der Waals surface area contributed by atoms with Crippen LogP contribution in [-0.2, 0) is 5.41 Å². The molecule has 1 unspecified atom stereocenters. The van der Waals surface area contributed by atoms with Crippen molar-refractivity contribution in [3.63, 3.8) is 0 Å². The van der Waals surface area contributed by atoms with Crippen molar-refractivity contribution in [2.45, 2.75) is 12.3 Å². The van der Waals surface area contributed by atoms with Gasteiger partial charge in [-0.05, 0) is 122 Å². The minimum atomic E-state index is -0.328. The van der Waals surface area contributed by atoms with Crippen LogP contribution in [0.25, 0.3) is 100.0 Å². The third-order valence-electron chi connectivity index (χ3n) is 12.7. The van der Waals surface area contributed by atoms with Crippen LogP contribution < -0.4 is 0 Å². The molecule has 1 atom stereocenters. The average molecular weight is 779 g/mol. The second-order valence-electron chi connectivity index (χ2n) is 16.3. The van der Waals surface area contributed by atoms with Gasteiger partial charge >= 0.3 is 0 Å². The molecule has 11 aromatic rings. The van der Waals surface area contributed by atoms with E-state index in [2.05, 4.69) is 201 Å². The standard InChI is InChI=1S/C58H38N2O/c1-58(46-18-6-3-7-19-46)51-22-12-10-20-47(51)48-28-27-42(34-52(48)58)53-36-54(60-57(59-53)38-15-4-2-5-16-38)45-32-43(40-25-24-37-14-8-9-17-39(37)30-40)31-44(33-45)41-26-29-50-49-21-11-13-23-55(49)61-56(50)35-41/h2-36H,1H3. The number of aromatic nitrogens is 2. The monoisotopic (exact) mass is 778 g/mol. The van der Waals surface area contributed by atoms with E-state index in [-0.39, 0.29) is 5.41 Å². The van der Waals surface area contributed by atoms with Crippen molar-refractivity contribution in [2.75, 3.05) is 0 Å². The maximum absolute atomic E-state index is 6.40. The van der Waals surface area contributed by atoms with Crippen LogP contribution in [0, 0.1) is 0 Å². The molecule has 9 aromatic carbocycles. The van der Waals surface area contributed by atoms with E-state index < -0.39 is 0 Å². The molecule has 2 aromatic heterocycles. The zero-order valence-corrected chi connectivity index (χ0v) is 33.5. The number of hydrogen-bond donors (Lipinski definition) is 0. The minimum absolute atomic E-state index is 0.328. The molecule has 0 amide bonds. The van der Waals surface area contributed by atoms with Gasteiger partial charge < -0.3 is 4.42 Å². The highest BCUT2D eigenvalue weighted by Crippen LogP contribution is 2.53. The largest absolute Gasteiger partial charge is 0.456 e. The summed E-state index contributed by atoms with van der Waals surface area (Å²) in [7, 11) is 0. The van der Waals surface area contributed by atoms with Gasteiger partial charge in [0.2, 0.25) is 0 Å². The van der Waals surface area contributed by atoms with E-state index in [1.807, 2.05) is 18.2 Å². The Kier molecular flexibility index (Phi) is 7.98. The van der Waals surface area contributed by atoms with Crippen LogP contribution >= 0.6 is 0 Å². The molecule has 1 aliphatic rings. The zero-order chi connectivity index (χ0) is 40.5. The van der Waals surface area contributed by atoms with Crippen molar-refractivity contribution >= 4 is 32.7 Å². The van der Waals surface area contributed by atoms with Crippen LogP contribution in [0.15, 0.2) is 217 Å². The van der Waals surface area contributed by atoms with E-state index in [0.717, 1.165) is 72.3 Å². The molecular formula is C58H38N2O. The van der Waals surface area contributed by atoms with Crippen LogP contribution in [0.1, 0.15) is 23.6 Å². The van der Waals surface area contributed by atoms with Gasteiger partial charge in [0.25, 0.3) is 0 Å². The molecule has 0 saturated carbocycles. The molecule has 12 rings (SSSR count). The van der Waals surface area contributed by atoms with Crippen LogP contribution in [0.2, 0.25) is 0 Å². The molecular weight excluding hydrogens is 741 g/mol. The van der Waals surface area contributed by atoms with Crippen molar-refractivity contribution in [3.8, 4) is 67.3 Å². The number of para-hydroxylation sites is 1. The lowest BCUT2D eigenvalue weighted by atomic mass is 9.74. The lowest BCUT2D eigenvalue weighted by Gasteiger charge is -2.28. The Balaban J connectivity index is 1.07. The summed E-state index contributed by atoms with van der Waals surface area (Å²) >= 11 is 0. The van der Waals surface area contributed by atoms with Gasteiger partial charge in [0, 0.05) is 32.9 Å². The molecule has 2 heterocycles. The fraction of sp³-hybridized carbons (Fsp3) is 0.0345. The Bertz CT molecular complexity index is 3490. The Morgan fingerprint density at radius 3 is 1.80 bits per heavy atom. The van der Waals surface area contributed by atoms with E-state index in [9.17, 15) is 0 Å². The van der Waals surface area contributed by atoms with Crippen molar-refractivity contribution in [2.24, 2.45) is 0 Å². The van der Waals surface area contributed by atoms with Gasteiger partial charge in [-0.3, -0.25) is 0 Å². The minimum Gasteiger partial charge on any atom is -0.456 e. The van der Waals surface area contributed by atoms with Gasteiger partial charge in [-0.1, -0.05) is 158 Å². The smallest absolute Gasteiger partial charge is 0.160 e. The van der Waals surface area contributed by atoms with E-state index >= 15 is 0 Å². The number of rotatable bonds is 6. The molecule has 0 spiro atoms. The summed E-state index contributed by atoms with van der Waals surface area (Å²) in [5, 5.41) is 4.65. The SMILES string of the molecule is CC1(c2ccccc2)c2ccccc2-c2ccc(-c3cc(-c4cc(-c5ccc6ccccc6c5)cc(-c5ccc6c(c5)oc5ccccc56)c4)nc(-c4ccccc4)n3)cc21. The van der Waals surface area contributed by atoms with E-state index in [4.69, 9.17) is 14.4 Å². The van der Waals surface area contributed by atoms with Crippen molar-refractivity contribution in [1.29, 1.82) is 0 Å². The molecule has 1 aliphatic carbocycles. The molecule has 3 nitrogen and oxygen atoms in total. The summed E-state index contributed by atoms with van der Waals surface area (Å²) in [5.74, 6) is 0.684. The third kappa shape index (κ3) is 5.81. The van der Waals surface area contributed by atoms with Crippen molar-refractivity contribution in [3.05, 3.63) is 229 Å². The van der Waals surface area contributed by atoms with Gasteiger partial charge in [-0.25, -0.2) is 9.97 Å². The first kappa shape index (κ1) is 35.1. The summed E-state index contributed by atoms with van der Waals surface area (Å²) in [5.41, 5.74) is 17.0.